The maximum absolute atomic E-state index is 12.3. The summed E-state index contributed by atoms with van der Waals surface area (Å²) < 4.78 is 10.9. The highest BCUT2D eigenvalue weighted by atomic mass is 16.5. The molecule has 3 rings (SSSR count). The molecule has 1 saturated heterocycles. The first-order chi connectivity index (χ1) is 10.2. The number of carbonyl (C=O) groups excluding carboxylic acids is 1. The molecule has 1 aromatic carbocycles. The second-order valence-electron chi connectivity index (χ2n) is 5.77. The molecule has 0 saturated carbocycles. The van der Waals surface area contributed by atoms with Crippen LogP contribution >= 0.6 is 0 Å². The monoisotopic (exact) mass is 290 g/mol. The van der Waals surface area contributed by atoms with Crippen molar-refractivity contribution in [3.63, 3.8) is 0 Å². The lowest BCUT2D eigenvalue weighted by molar-refractivity contribution is -0.0148. The van der Waals surface area contributed by atoms with Gasteiger partial charge in [-0.1, -0.05) is 0 Å². The molecule has 1 fully saturated rings. The summed E-state index contributed by atoms with van der Waals surface area (Å²) in [5.74, 6) is -0.0494. The Hall–Kier alpha value is -1.59. The van der Waals surface area contributed by atoms with Gasteiger partial charge in [0.2, 0.25) is 0 Å². The second kappa shape index (κ2) is 6.03. The molecular formula is C16H22N2O3. The van der Waals surface area contributed by atoms with Crippen LogP contribution < -0.4 is 10.6 Å². The Morgan fingerprint density at radius 1 is 1.52 bits per heavy atom. The van der Waals surface area contributed by atoms with Crippen molar-refractivity contribution in [3.05, 3.63) is 29.3 Å². The van der Waals surface area contributed by atoms with E-state index >= 15 is 0 Å². The molecule has 0 aromatic heterocycles. The Labute approximate surface area is 125 Å². The van der Waals surface area contributed by atoms with E-state index in [1.165, 1.54) is 5.56 Å². The predicted molar refractivity (Wildman–Crippen MR) is 80.8 cm³/mol. The standard InChI is InChI=1S/C16H22N2O3/c1-20-16(6-8-21-11-16)10-18-15(19)13-4-5-14-12(9-13)3-2-7-17-14/h4-5,9,17H,2-3,6-8,10-11H2,1H3,(H,18,19). The van der Waals surface area contributed by atoms with Crippen molar-refractivity contribution in [2.24, 2.45) is 0 Å². The molecule has 21 heavy (non-hydrogen) atoms. The second-order valence-corrected chi connectivity index (χ2v) is 5.77. The van der Waals surface area contributed by atoms with Gasteiger partial charge < -0.3 is 20.1 Å². The fourth-order valence-electron chi connectivity index (χ4n) is 2.92. The molecule has 0 spiro atoms. The third-order valence-corrected chi connectivity index (χ3v) is 4.38. The molecule has 0 bridgehead atoms. The van der Waals surface area contributed by atoms with Crippen LogP contribution in [-0.2, 0) is 15.9 Å². The molecule has 5 nitrogen and oxygen atoms in total. The number of aryl methyl sites for hydroxylation is 1. The minimum Gasteiger partial charge on any atom is -0.385 e. The van der Waals surface area contributed by atoms with Gasteiger partial charge in [-0.3, -0.25) is 4.79 Å². The molecule has 1 amide bonds. The number of hydrogen-bond donors (Lipinski definition) is 2. The van der Waals surface area contributed by atoms with Crippen LogP contribution in [0.25, 0.3) is 0 Å². The van der Waals surface area contributed by atoms with Crippen LogP contribution in [0.1, 0.15) is 28.8 Å². The van der Waals surface area contributed by atoms with Gasteiger partial charge >= 0.3 is 0 Å². The van der Waals surface area contributed by atoms with Crippen molar-refractivity contribution in [3.8, 4) is 0 Å². The van der Waals surface area contributed by atoms with Crippen molar-refractivity contribution >= 4 is 11.6 Å². The van der Waals surface area contributed by atoms with Gasteiger partial charge in [0.15, 0.2) is 0 Å². The topological polar surface area (TPSA) is 59.6 Å². The van der Waals surface area contributed by atoms with Crippen molar-refractivity contribution in [1.82, 2.24) is 5.32 Å². The Morgan fingerprint density at radius 3 is 3.19 bits per heavy atom. The van der Waals surface area contributed by atoms with Gasteiger partial charge in [-0.25, -0.2) is 0 Å². The lowest BCUT2D eigenvalue weighted by Crippen LogP contribution is -2.45. The lowest BCUT2D eigenvalue weighted by Gasteiger charge is -2.26. The van der Waals surface area contributed by atoms with E-state index < -0.39 is 0 Å². The minimum absolute atomic E-state index is 0.0494. The van der Waals surface area contributed by atoms with E-state index in [-0.39, 0.29) is 11.5 Å². The predicted octanol–water partition coefficient (Wildman–Crippen LogP) is 1.58. The number of fused-ring (bicyclic) bond motifs is 1. The number of hydrogen-bond acceptors (Lipinski definition) is 4. The summed E-state index contributed by atoms with van der Waals surface area (Å²) >= 11 is 0. The molecule has 0 aliphatic carbocycles. The van der Waals surface area contributed by atoms with Crippen LogP contribution in [0.3, 0.4) is 0 Å². The molecule has 2 aliphatic rings. The number of benzene rings is 1. The highest BCUT2D eigenvalue weighted by molar-refractivity contribution is 5.95. The van der Waals surface area contributed by atoms with E-state index in [2.05, 4.69) is 10.6 Å². The number of carbonyl (C=O) groups is 1. The lowest BCUT2D eigenvalue weighted by atomic mass is 10.00. The zero-order valence-electron chi connectivity index (χ0n) is 12.4. The van der Waals surface area contributed by atoms with E-state index in [9.17, 15) is 4.79 Å². The Bertz CT molecular complexity index is 524. The van der Waals surface area contributed by atoms with Crippen LogP contribution in [0.4, 0.5) is 5.69 Å². The number of anilines is 1. The first-order valence-electron chi connectivity index (χ1n) is 7.50. The molecule has 5 heteroatoms. The van der Waals surface area contributed by atoms with Crippen LogP contribution in [0.15, 0.2) is 18.2 Å². The summed E-state index contributed by atoms with van der Waals surface area (Å²) in [6.45, 7) is 2.72. The molecule has 1 aromatic rings. The van der Waals surface area contributed by atoms with E-state index in [0.29, 0.717) is 25.3 Å². The molecule has 1 unspecified atom stereocenters. The minimum atomic E-state index is -0.370. The third kappa shape index (κ3) is 3.04. The number of rotatable bonds is 4. The Morgan fingerprint density at radius 2 is 2.43 bits per heavy atom. The highest BCUT2D eigenvalue weighted by Gasteiger charge is 2.35. The van der Waals surface area contributed by atoms with Gasteiger partial charge in [0, 0.05) is 44.5 Å². The summed E-state index contributed by atoms with van der Waals surface area (Å²) in [7, 11) is 1.67. The van der Waals surface area contributed by atoms with Gasteiger partial charge in [-0.2, -0.15) is 0 Å². The van der Waals surface area contributed by atoms with Crippen LogP contribution in [-0.4, -0.2) is 44.9 Å². The van der Waals surface area contributed by atoms with E-state index in [0.717, 1.165) is 31.5 Å². The summed E-state index contributed by atoms with van der Waals surface area (Å²) in [6, 6.07) is 5.85. The van der Waals surface area contributed by atoms with E-state index in [4.69, 9.17) is 9.47 Å². The molecule has 1 atom stereocenters. The quantitative estimate of drug-likeness (QED) is 0.884. The van der Waals surface area contributed by atoms with Gasteiger partial charge in [-0.15, -0.1) is 0 Å². The SMILES string of the molecule is COC1(CNC(=O)c2ccc3c(c2)CCCN3)CCOC1. The van der Waals surface area contributed by atoms with Crippen molar-refractivity contribution in [1.29, 1.82) is 0 Å². The zero-order valence-corrected chi connectivity index (χ0v) is 12.4. The number of nitrogens with one attached hydrogen (secondary N) is 2. The van der Waals surface area contributed by atoms with Crippen molar-refractivity contribution in [2.75, 3.05) is 38.7 Å². The smallest absolute Gasteiger partial charge is 0.251 e. The average molecular weight is 290 g/mol. The summed E-state index contributed by atoms with van der Waals surface area (Å²) in [5, 5.41) is 6.33. The first kappa shape index (κ1) is 14.4. The van der Waals surface area contributed by atoms with Crippen molar-refractivity contribution in [2.45, 2.75) is 24.9 Å². The maximum Gasteiger partial charge on any atom is 0.251 e. The van der Waals surface area contributed by atoms with Crippen LogP contribution in [0, 0.1) is 0 Å². The van der Waals surface area contributed by atoms with Gasteiger partial charge in [0.05, 0.1) is 6.61 Å². The fourth-order valence-corrected chi connectivity index (χ4v) is 2.92. The number of methoxy groups -OCH3 is 1. The normalized spacial score (nSPS) is 24.2. The highest BCUT2D eigenvalue weighted by Crippen LogP contribution is 2.24. The summed E-state index contributed by atoms with van der Waals surface area (Å²) in [6.07, 6.45) is 2.96. The molecule has 2 aliphatic heterocycles. The van der Waals surface area contributed by atoms with E-state index in [1.807, 2.05) is 18.2 Å². The van der Waals surface area contributed by atoms with Crippen molar-refractivity contribution < 1.29 is 14.3 Å². The van der Waals surface area contributed by atoms with Crippen LogP contribution in [0.2, 0.25) is 0 Å². The Balaban J connectivity index is 1.65. The Kier molecular flexibility index (Phi) is 4.12. The summed E-state index contributed by atoms with van der Waals surface area (Å²) in [4.78, 5) is 12.3. The summed E-state index contributed by atoms with van der Waals surface area (Å²) in [5.41, 5.74) is 2.71. The molecule has 2 N–H and O–H groups in total. The number of ether oxygens (including phenoxy) is 2. The number of amides is 1. The molecule has 114 valence electrons. The fraction of sp³-hybridized carbons (Fsp3) is 0.562. The van der Waals surface area contributed by atoms with Gasteiger partial charge in [0.1, 0.15) is 5.60 Å². The van der Waals surface area contributed by atoms with Crippen LogP contribution in [0.5, 0.6) is 0 Å². The van der Waals surface area contributed by atoms with Gasteiger partial charge in [0.25, 0.3) is 5.91 Å². The largest absolute Gasteiger partial charge is 0.385 e. The van der Waals surface area contributed by atoms with Gasteiger partial charge in [-0.05, 0) is 36.6 Å². The maximum atomic E-state index is 12.3. The molecule has 0 radical (unpaired) electrons. The zero-order chi connectivity index (χ0) is 14.7. The van der Waals surface area contributed by atoms with E-state index in [1.54, 1.807) is 7.11 Å². The molecule has 2 heterocycles. The molecular weight excluding hydrogens is 268 g/mol. The average Bonchev–Trinajstić information content (AvgIpc) is 3.01. The third-order valence-electron chi connectivity index (χ3n) is 4.38. The first-order valence-corrected chi connectivity index (χ1v) is 7.50.